The minimum absolute atomic E-state index is 0.0200. The fourth-order valence-electron chi connectivity index (χ4n) is 1.65. The average Bonchev–Trinajstić information content (AvgIpc) is 2.89. The number of hydrogen-bond donors (Lipinski definition) is 2. The van der Waals surface area contributed by atoms with E-state index in [0.717, 1.165) is 10.6 Å². The molecule has 5 nitrogen and oxygen atoms in total. The van der Waals surface area contributed by atoms with E-state index in [4.69, 9.17) is 5.73 Å². The Kier molecular flexibility index (Phi) is 4.97. The largest absolute Gasteiger partial charge is 0.384 e. The summed E-state index contributed by atoms with van der Waals surface area (Å²) in [4.78, 5) is 21.3. The number of thiophene rings is 1. The summed E-state index contributed by atoms with van der Waals surface area (Å²) < 4.78 is 0. The van der Waals surface area contributed by atoms with Crippen LogP contribution in [0.1, 0.15) is 23.5 Å². The first-order valence-corrected chi connectivity index (χ1v) is 7.98. The van der Waals surface area contributed by atoms with Gasteiger partial charge in [-0.1, -0.05) is 17.8 Å². The second-order valence-electron chi connectivity index (χ2n) is 4.31. The molecule has 2 aromatic rings. The lowest BCUT2D eigenvalue weighted by atomic mass is 10.3. The van der Waals surface area contributed by atoms with Gasteiger partial charge in [0.05, 0.1) is 11.8 Å². The second-order valence-corrected chi connectivity index (χ2v) is 6.23. The number of nitrogen functional groups attached to an aromatic ring is 1. The molecule has 2 rings (SSSR count). The van der Waals surface area contributed by atoms with E-state index < -0.39 is 0 Å². The van der Waals surface area contributed by atoms with Gasteiger partial charge >= 0.3 is 0 Å². The summed E-state index contributed by atoms with van der Waals surface area (Å²) in [7, 11) is 0. The lowest BCUT2D eigenvalue weighted by Crippen LogP contribution is -2.27. The molecule has 20 heavy (non-hydrogen) atoms. The van der Waals surface area contributed by atoms with Crippen molar-refractivity contribution < 1.29 is 4.79 Å². The van der Waals surface area contributed by atoms with Crippen molar-refractivity contribution in [2.24, 2.45) is 0 Å². The molecular formula is C13H16N4OS2. The first-order chi connectivity index (χ1) is 9.54. The maximum absolute atomic E-state index is 11.9. The van der Waals surface area contributed by atoms with Gasteiger partial charge in [-0.3, -0.25) is 4.79 Å². The van der Waals surface area contributed by atoms with Gasteiger partial charge in [0.25, 0.3) is 0 Å². The van der Waals surface area contributed by atoms with E-state index in [2.05, 4.69) is 15.3 Å². The number of carbonyl (C=O) groups is 1. The molecule has 0 bridgehead atoms. The van der Waals surface area contributed by atoms with E-state index in [0.29, 0.717) is 11.0 Å². The van der Waals surface area contributed by atoms with Crippen molar-refractivity contribution in [3.05, 3.63) is 34.2 Å². The van der Waals surface area contributed by atoms with Crippen LogP contribution in [0.5, 0.6) is 0 Å². The Morgan fingerprint density at radius 2 is 2.35 bits per heavy atom. The van der Waals surface area contributed by atoms with Crippen LogP contribution < -0.4 is 11.1 Å². The molecule has 1 amide bonds. The Morgan fingerprint density at radius 3 is 3.00 bits per heavy atom. The molecule has 1 atom stereocenters. The van der Waals surface area contributed by atoms with Gasteiger partial charge in [-0.25, -0.2) is 9.97 Å². The van der Waals surface area contributed by atoms with E-state index in [1.54, 1.807) is 17.4 Å². The summed E-state index contributed by atoms with van der Waals surface area (Å²) in [6.45, 7) is 3.82. The third-order valence-corrected chi connectivity index (χ3v) is 4.44. The van der Waals surface area contributed by atoms with Crippen LogP contribution in [0, 0.1) is 6.92 Å². The molecule has 106 valence electrons. The SMILES string of the molecule is Cc1cc(N)nc(SCC(=O)NC(C)c2cccs2)n1. The molecule has 0 aliphatic heterocycles. The highest BCUT2D eigenvalue weighted by Crippen LogP contribution is 2.19. The summed E-state index contributed by atoms with van der Waals surface area (Å²) in [5.41, 5.74) is 6.45. The number of hydrogen-bond acceptors (Lipinski definition) is 6. The van der Waals surface area contributed by atoms with Crippen molar-refractivity contribution >= 4 is 34.8 Å². The Balaban J connectivity index is 1.86. The van der Waals surface area contributed by atoms with Gasteiger partial charge in [0, 0.05) is 16.6 Å². The number of carbonyl (C=O) groups excluding carboxylic acids is 1. The summed E-state index contributed by atoms with van der Waals surface area (Å²) in [6.07, 6.45) is 0. The summed E-state index contributed by atoms with van der Waals surface area (Å²) >= 11 is 2.91. The van der Waals surface area contributed by atoms with Gasteiger partial charge in [-0.05, 0) is 25.3 Å². The first-order valence-electron chi connectivity index (χ1n) is 6.11. The van der Waals surface area contributed by atoms with Crippen LogP contribution in [-0.4, -0.2) is 21.6 Å². The predicted molar refractivity (Wildman–Crippen MR) is 82.8 cm³/mol. The lowest BCUT2D eigenvalue weighted by molar-refractivity contribution is -0.119. The average molecular weight is 308 g/mol. The molecule has 2 aromatic heterocycles. The second kappa shape index (κ2) is 6.71. The normalized spacial score (nSPS) is 12.1. The molecule has 2 heterocycles. The Morgan fingerprint density at radius 1 is 1.55 bits per heavy atom. The van der Waals surface area contributed by atoms with Crippen molar-refractivity contribution in [2.45, 2.75) is 25.0 Å². The predicted octanol–water partition coefficient (Wildman–Crippen LogP) is 2.40. The van der Waals surface area contributed by atoms with E-state index >= 15 is 0 Å². The highest BCUT2D eigenvalue weighted by molar-refractivity contribution is 7.99. The summed E-state index contributed by atoms with van der Waals surface area (Å²) in [5.74, 6) is 0.658. The van der Waals surface area contributed by atoms with Crippen LogP contribution >= 0.6 is 23.1 Å². The minimum Gasteiger partial charge on any atom is -0.384 e. The summed E-state index contributed by atoms with van der Waals surface area (Å²) in [5, 5.41) is 5.47. The van der Waals surface area contributed by atoms with E-state index in [1.807, 2.05) is 31.4 Å². The number of aromatic nitrogens is 2. The van der Waals surface area contributed by atoms with Gasteiger partial charge < -0.3 is 11.1 Å². The van der Waals surface area contributed by atoms with Crippen LogP contribution in [0.3, 0.4) is 0 Å². The quantitative estimate of drug-likeness (QED) is 0.655. The topological polar surface area (TPSA) is 80.9 Å². The fraction of sp³-hybridized carbons (Fsp3) is 0.308. The van der Waals surface area contributed by atoms with Crippen LogP contribution in [0.25, 0.3) is 0 Å². The maximum atomic E-state index is 11.9. The maximum Gasteiger partial charge on any atom is 0.230 e. The number of nitrogens with zero attached hydrogens (tertiary/aromatic N) is 2. The number of rotatable bonds is 5. The fourth-order valence-corrected chi connectivity index (χ4v) is 3.11. The zero-order valence-electron chi connectivity index (χ0n) is 11.3. The number of anilines is 1. The molecular weight excluding hydrogens is 292 g/mol. The van der Waals surface area contributed by atoms with Crippen molar-refractivity contribution in [3.8, 4) is 0 Å². The Bertz CT molecular complexity index is 566. The smallest absolute Gasteiger partial charge is 0.230 e. The molecule has 0 fully saturated rings. The molecule has 0 radical (unpaired) electrons. The molecule has 3 N–H and O–H groups in total. The van der Waals surface area contributed by atoms with E-state index in [9.17, 15) is 4.79 Å². The highest BCUT2D eigenvalue weighted by atomic mass is 32.2. The van der Waals surface area contributed by atoms with Crippen LogP contribution in [0.2, 0.25) is 0 Å². The van der Waals surface area contributed by atoms with Gasteiger partial charge in [-0.2, -0.15) is 0 Å². The molecule has 7 heteroatoms. The lowest BCUT2D eigenvalue weighted by Gasteiger charge is -2.11. The molecule has 0 saturated heterocycles. The number of amides is 1. The van der Waals surface area contributed by atoms with Gasteiger partial charge in [0.2, 0.25) is 5.91 Å². The third-order valence-electron chi connectivity index (χ3n) is 2.53. The van der Waals surface area contributed by atoms with E-state index in [-0.39, 0.29) is 17.7 Å². The molecule has 0 spiro atoms. The molecule has 0 saturated carbocycles. The van der Waals surface area contributed by atoms with Gasteiger partial charge in [0.1, 0.15) is 5.82 Å². The van der Waals surface area contributed by atoms with Crippen molar-refractivity contribution in [1.82, 2.24) is 15.3 Å². The van der Waals surface area contributed by atoms with Crippen LogP contribution in [-0.2, 0) is 4.79 Å². The van der Waals surface area contributed by atoms with E-state index in [1.165, 1.54) is 11.8 Å². The van der Waals surface area contributed by atoms with Crippen molar-refractivity contribution in [2.75, 3.05) is 11.5 Å². The zero-order valence-corrected chi connectivity index (χ0v) is 12.9. The van der Waals surface area contributed by atoms with Crippen molar-refractivity contribution in [3.63, 3.8) is 0 Å². The van der Waals surface area contributed by atoms with Gasteiger partial charge in [-0.15, -0.1) is 11.3 Å². The molecule has 0 aromatic carbocycles. The third kappa shape index (κ3) is 4.21. The monoisotopic (exact) mass is 308 g/mol. The van der Waals surface area contributed by atoms with Crippen LogP contribution in [0.15, 0.2) is 28.7 Å². The number of nitrogens with two attached hydrogens (primary N) is 1. The minimum atomic E-state index is -0.0421. The standard InChI is InChI=1S/C13H16N4OS2/c1-8-6-11(14)17-13(15-8)20-7-12(18)16-9(2)10-4-3-5-19-10/h3-6,9H,7H2,1-2H3,(H,16,18)(H2,14,15,17). The van der Waals surface area contributed by atoms with Crippen LogP contribution in [0.4, 0.5) is 5.82 Å². The summed E-state index contributed by atoms with van der Waals surface area (Å²) in [6, 6.07) is 5.70. The zero-order chi connectivity index (χ0) is 14.5. The number of aryl methyl sites for hydroxylation is 1. The highest BCUT2D eigenvalue weighted by Gasteiger charge is 2.11. The molecule has 0 aliphatic carbocycles. The number of thioether (sulfide) groups is 1. The molecule has 0 aliphatic rings. The first kappa shape index (κ1) is 14.8. The van der Waals surface area contributed by atoms with Crippen molar-refractivity contribution in [1.29, 1.82) is 0 Å². The Labute approximate surface area is 126 Å². The Hall–Kier alpha value is -1.60. The number of nitrogens with one attached hydrogen (secondary N) is 1. The molecule has 1 unspecified atom stereocenters. The van der Waals surface area contributed by atoms with Gasteiger partial charge in [0.15, 0.2) is 5.16 Å².